The van der Waals surface area contributed by atoms with Crippen molar-refractivity contribution in [2.24, 2.45) is 5.92 Å². The van der Waals surface area contributed by atoms with Crippen LogP contribution in [0.1, 0.15) is 43.5 Å². The number of benzene rings is 2. The number of ether oxygens (including phenoxy) is 1. The van der Waals surface area contributed by atoms with Crippen molar-refractivity contribution in [3.63, 3.8) is 0 Å². The Bertz CT molecular complexity index is 847. The summed E-state index contributed by atoms with van der Waals surface area (Å²) in [5, 5.41) is 8.75. The molecule has 1 unspecified atom stereocenters. The van der Waals surface area contributed by atoms with Gasteiger partial charge in [-0.15, -0.1) is 0 Å². The molecule has 0 saturated carbocycles. The SMILES string of the molecule is CCc1ccc(C(NCC(=O)NCC(=O)Nc2cc(C)ccc2OC)C(C)C)cc1. The highest BCUT2D eigenvalue weighted by molar-refractivity contribution is 5.96. The minimum Gasteiger partial charge on any atom is -0.495 e. The van der Waals surface area contributed by atoms with Gasteiger partial charge in [-0.2, -0.15) is 0 Å². The number of hydrogen-bond acceptors (Lipinski definition) is 4. The van der Waals surface area contributed by atoms with Crippen LogP contribution in [0.2, 0.25) is 0 Å². The van der Waals surface area contributed by atoms with Gasteiger partial charge in [-0.05, 0) is 48.1 Å². The Labute approximate surface area is 179 Å². The van der Waals surface area contributed by atoms with Gasteiger partial charge in [0.25, 0.3) is 0 Å². The third-order valence-corrected chi connectivity index (χ3v) is 4.97. The van der Waals surface area contributed by atoms with E-state index in [1.807, 2.05) is 19.1 Å². The average molecular weight is 412 g/mol. The molecular weight excluding hydrogens is 378 g/mol. The third-order valence-electron chi connectivity index (χ3n) is 4.97. The molecule has 0 aliphatic rings. The van der Waals surface area contributed by atoms with Crippen LogP contribution < -0.4 is 20.7 Å². The second kappa shape index (κ2) is 11.4. The van der Waals surface area contributed by atoms with Crippen LogP contribution in [0.15, 0.2) is 42.5 Å². The van der Waals surface area contributed by atoms with Gasteiger partial charge in [0.05, 0.1) is 25.9 Å². The first-order chi connectivity index (χ1) is 14.3. The molecule has 30 heavy (non-hydrogen) atoms. The predicted molar refractivity (Wildman–Crippen MR) is 121 cm³/mol. The van der Waals surface area contributed by atoms with Crippen molar-refractivity contribution in [2.75, 3.05) is 25.5 Å². The van der Waals surface area contributed by atoms with Crippen molar-refractivity contribution in [3.8, 4) is 5.75 Å². The van der Waals surface area contributed by atoms with Crippen molar-refractivity contribution >= 4 is 17.5 Å². The minimum atomic E-state index is -0.303. The fourth-order valence-corrected chi connectivity index (χ4v) is 3.26. The molecule has 6 heteroatoms. The lowest BCUT2D eigenvalue weighted by molar-refractivity contribution is -0.123. The van der Waals surface area contributed by atoms with E-state index >= 15 is 0 Å². The summed E-state index contributed by atoms with van der Waals surface area (Å²) < 4.78 is 5.26. The van der Waals surface area contributed by atoms with Gasteiger partial charge in [0, 0.05) is 6.04 Å². The van der Waals surface area contributed by atoms with Gasteiger partial charge in [-0.3, -0.25) is 9.59 Å². The van der Waals surface area contributed by atoms with Crippen LogP contribution >= 0.6 is 0 Å². The van der Waals surface area contributed by atoms with E-state index in [1.54, 1.807) is 13.2 Å². The molecule has 0 radical (unpaired) electrons. The number of carbonyl (C=O) groups is 2. The topological polar surface area (TPSA) is 79.5 Å². The molecule has 0 fully saturated rings. The number of nitrogens with one attached hydrogen (secondary N) is 3. The molecule has 0 aliphatic carbocycles. The summed E-state index contributed by atoms with van der Waals surface area (Å²) in [6.07, 6.45) is 0.999. The van der Waals surface area contributed by atoms with Crippen molar-refractivity contribution < 1.29 is 14.3 Å². The average Bonchev–Trinajstić information content (AvgIpc) is 2.73. The number of rotatable bonds is 10. The van der Waals surface area contributed by atoms with E-state index in [0.717, 1.165) is 17.5 Å². The van der Waals surface area contributed by atoms with Gasteiger partial charge in [0.1, 0.15) is 5.75 Å². The fraction of sp³-hybridized carbons (Fsp3) is 0.417. The third kappa shape index (κ3) is 6.88. The summed E-state index contributed by atoms with van der Waals surface area (Å²) in [6.45, 7) is 8.33. The molecule has 2 amide bonds. The minimum absolute atomic E-state index is 0.0621. The highest BCUT2D eigenvalue weighted by Gasteiger charge is 2.17. The maximum atomic E-state index is 12.3. The molecule has 2 rings (SSSR count). The van der Waals surface area contributed by atoms with Crippen LogP contribution in [-0.2, 0) is 16.0 Å². The van der Waals surface area contributed by atoms with Crippen LogP contribution in [0, 0.1) is 12.8 Å². The molecule has 0 aromatic heterocycles. The van der Waals surface area contributed by atoms with E-state index < -0.39 is 0 Å². The lowest BCUT2D eigenvalue weighted by atomic mass is 9.95. The van der Waals surface area contributed by atoms with Gasteiger partial charge in [-0.1, -0.05) is 51.1 Å². The van der Waals surface area contributed by atoms with Crippen molar-refractivity contribution in [1.82, 2.24) is 10.6 Å². The first kappa shape index (κ1) is 23.4. The Morgan fingerprint density at radius 3 is 2.30 bits per heavy atom. The van der Waals surface area contributed by atoms with E-state index in [9.17, 15) is 9.59 Å². The second-order valence-electron chi connectivity index (χ2n) is 7.73. The number of methoxy groups -OCH3 is 1. The highest BCUT2D eigenvalue weighted by atomic mass is 16.5. The molecule has 0 heterocycles. The summed E-state index contributed by atoms with van der Waals surface area (Å²) in [5.41, 5.74) is 4.03. The van der Waals surface area contributed by atoms with Crippen LogP contribution in [0.3, 0.4) is 0 Å². The zero-order valence-corrected chi connectivity index (χ0v) is 18.5. The standard InChI is InChI=1S/C24H33N3O3/c1-6-18-8-10-19(11-9-18)24(16(2)3)26-14-22(28)25-15-23(29)27-20-13-17(4)7-12-21(20)30-5/h7-13,16,24,26H,6,14-15H2,1-5H3,(H,25,28)(H,27,29). The highest BCUT2D eigenvalue weighted by Crippen LogP contribution is 2.25. The first-order valence-electron chi connectivity index (χ1n) is 10.4. The zero-order chi connectivity index (χ0) is 22.1. The Morgan fingerprint density at radius 2 is 1.70 bits per heavy atom. The summed E-state index contributed by atoms with van der Waals surface area (Å²) in [7, 11) is 1.55. The molecule has 0 saturated heterocycles. The lowest BCUT2D eigenvalue weighted by Gasteiger charge is -2.23. The predicted octanol–water partition coefficient (Wildman–Crippen LogP) is 3.61. The summed E-state index contributed by atoms with van der Waals surface area (Å²) in [6, 6.07) is 14.1. The van der Waals surface area contributed by atoms with E-state index in [1.165, 1.54) is 5.56 Å². The van der Waals surface area contributed by atoms with Gasteiger partial charge in [0.2, 0.25) is 11.8 Å². The number of aryl methyl sites for hydroxylation is 2. The summed E-state index contributed by atoms with van der Waals surface area (Å²) in [5.74, 6) is 0.373. The normalized spacial score (nSPS) is 11.8. The molecule has 2 aromatic carbocycles. The Morgan fingerprint density at radius 1 is 1.00 bits per heavy atom. The monoisotopic (exact) mass is 411 g/mol. The quantitative estimate of drug-likeness (QED) is 0.558. The maximum absolute atomic E-state index is 12.3. The number of anilines is 1. The molecule has 0 bridgehead atoms. The summed E-state index contributed by atoms with van der Waals surface area (Å²) >= 11 is 0. The molecule has 0 aliphatic heterocycles. The van der Waals surface area contributed by atoms with Crippen molar-refractivity contribution in [3.05, 3.63) is 59.2 Å². The molecule has 2 aromatic rings. The Kier molecular flexibility index (Phi) is 8.87. The van der Waals surface area contributed by atoms with Gasteiger partial charge < -0.3 is 20.7 Å². The largest absolute Gasteiger partial charge is 0.495 e. The van der Waals surface area contributed by atoms with E-state index in [4.69, 9.17) is 4.74 Å². The first-order valence-corrected chi connectivity index (χ1v) is 10.4. The van der Waals surface area contributed by atoms with Crippen molar-refractivity contribution in [1.29, 1.82) is 0 Å². The van der Waals surface area contributed by atoms with Crippen LogP contribution in [0.25, 0.3) is 0 Å². The fourth-order valence-electron chi connectivity index (χ4n) is 3.26. The Balaban J connectivity index is 1.85. The lowest BCUT2D eigenvalue weighted by Crippen LogP contribution is -2.40. The Hall–Kier alpha value is -2.86. The number of amides is 2. The van der Waals surface area contributed by atoms with Gasteiger partial charge in [0.15, 0.2) is 0 Å². The number of carbonyl (C=O) groups excluding carboxylic acids is 2. The molecule has 1 atom stereocenters. The second-order valence-corrected chi connectivity index (χ2v) is 7.73. The van der Waals surface area contributed by atoms with E-state index in [-0.39, 0.29) is 30.9 Å². The van der Waals surface area contributed by atoms with Crippen LogP contribution in [-0.4, -0.2) is 32.0 Å². The smallest absolute Gasteiger partial charge is 0.243 e. The molecule has 3 N–H and O–H groups in total. The zero-order valence-electron chi connectivity index (χ0n) is 18.5. The van der Waals surface area contributed by atoms with E-state index in [0.29, 0.717) is 17.4 Å². The molecule has 162 valence electrons. The van der Waals surface area contributed by atoms with Crippen molar-refractivity contribution in [2.45, 2.75) is 40.2 Å². The van der Waals surface area contributed by atoms with Gasteiger partial charge >= 0.3 is 0 Å². The number of hydrogen-bond donors (Lipinski definition) is 3. The molecule has 0 spiro atoms. The maximum Gasteiger partial charge on any atom is 0.243 e. The van der Waals surface area contributed by atoms with Crippen LogP contribution in [0.4, 0.5) is 5.69 Å². The molecule has 6 nitrogen and oxygen atoms in total. The van der Waals surface area contributed by atoms with Gasteiger partial charge in [-0.25, -0.2) is 0 Å². The van der Waals surface area contributed by atoms with Crippen LogP contribution in [0.5, 0.6) is 5.75 Å². The molecular formula is C24H33N3O3. The van der Waals surface area contributed by atoms with E-state index in [2.05, 4.69) is 61.0 Å². The summed E-state index contributed by atoms with van der Waals surface area (Å²) in [4.78, 5) is 24.5.